The van der Waals surface area contributed by atoms with Crippen LogP contribution in [0.4, 0.5) is 0 Å². The molecule has 0 saturated carbocycles. The van der Waals surface area contributed by atoms with Crippen molar-refractivity contribution >= 4 is 23.5 Å². The number of hydrogen-bond acceptors (Lipinski definition) is 5. The van der Waals surface area contributed by atoms with E-state index in [1.807, 2.05) is 24.3 Å². The number of ether oxygens (including phenoxy) is 2. The van der Waals surface area contributed by atoms with E-state index in [2.05, 4.69) is 0 Å². The molecule has 0 N–H and O–H groups in total. The number of amides is 1. The molecule has 0 unspecified atom stereocenters. The lowest BCUT2D eigenvalue weighted by Gasteiger charge is -2.23. The van der Waals surface area contributed by atoms with E-state index in [9.17, 15) is 9.59 Å². The summed E-state index contributed by atoms with van der Waals surface area (Å²) in [6, 6.07) is 7.41. The molecule has 1 fully saturated rings. The van der Waals surface area contributed by atoms with Crippen molar-refractivity contribution in [3.8, 4) is 11.5 Å². The summed E-state index contributed by atoms with van der Waals surface area (Å²) in [7, 11) is 1.59. The highest BCUT2D eigenvalue weighted by molar-refractivity contribution is 8.00. The first-order valence-electron chi connectivity index (χ1n) is 6.78. The molecular formula is C15H19NO4S. The maximum atomic E-state index is 12.0. The van der Waals surface area contributed by atoms with Gasteiger partial charge in [-0.25, -0.2) is 0 Å². The van der Waals surface area contributed by atoms with Crippen LogP contribution in [-0.2, 0) is 9.59 Å². The maximum absolute atomic E-state index is 12.0. The van der Waals surface area contributed by atoms with E-state index in [0.717, 1.165) is 5.75 Å². The van der Waals surface area contributed by atoms with Crippen LogP contribution in [0.5, 0.6) is 11.5 Å². The van der Waals surface area contributed by atoms with E-state index in [4.69, 9.17) is 9.47 Å². The molecule has 21 heavy (non-hydrogen) atoms. The molecule has 6 heteroatoms. The molecule has 114 valence electrons. The molecule has 1 heterocycles. The summed E-state index contributed by atoms with van der Waals surface area (Å²) in [5.41, 5.74) is 0. The van der Waals surface area contributed by atoms with E-state index in [0.29, 0.717) is 24.7 Å². The number of thioether (sulfide) groups is 1. The van der Waals surface area contributed by atoms with Gasteiger partial charge in [-0.05, 0) is 19.1 Å². The van der Waals surface area contributed by atoms with E-state index in [1.165, 1.54) is 6.92 Å². The zero-order chi connectivity index (χ0) is 15.2. The number of methoxy groups -OCH3 is 1. The molecule has 1 saturated heterocycles. The third-order valence-electron chi connectivity index (χ3n) is 3.16. The van der Waals surface area contributed by atoms with Crippen molar-refractivity contribution in [2.45, 2.75) is 18.7 Å². The molecule has 0 aromatic heterocycles. The first-order chi connectivity index (χ1) is 10.1. The van der Waals surface area contributed by atoms with Crippen LogP contribution in [0.2, 0.25) is 0 Å². The van der Waals surface area contributed by atoms with Crippen molar-refractivity contribution < 1.29 is 19.1 Å². The third-order valence-corrected chi connectivity index (χ3v) is 4.35. The molecule has 0 radical (unpaired) electrons. The molecule has 1 amide bonds. The minimum atomic E-state index is -0.124. The van der Waals surface area contributed by atoms with Gasteiger partial charge in [0.05, 0.1) is 13.5 Å². The van der Waals surface area contributed by atoms with Crippen molar-refractivity contribution in [1.29, 1.82) is 0 Å². The van der Waals surface area contributed by atoms with Gasteiger partial charge in [0.1, 0.15) is 17.8 Å². The van der Waals surface area contributed by atoms with Crippen LogP contribution in [0.15, 0.2) is 24.3 Å². The monoisotopic (exact) mass is 309 g/mol. The van der Waals surface area contributed by atoms with Gasteiger partial charge in [-0.1, -0.05) is 12.1 Å². The van der Waals surface area contributed by atoms with Crippen LogP contribution < -0.4 is 9.47 Å². The molecule has 0 aliphatic carbocycles. The lowest BCUT2D eigenvalue weighted by Crippen LogP contribution is -2.38. The molecule has 1 aromatic rings. The van der Waals surface area contributed by atoms with E-state index in [1.54, 1.807) is 23.8 Å². The lowest BCUT2D eigenvalue weighted by molar-refractivity contribution is -0.135. The van der Waals surface area contributed by atoms with Crippen LogP contribution in [0.3, 0.4) is 0 Å². The Kier molecular flexibility index (Phi) is 5.50. The van der Waals surface area contributed by atoms with Crippen molar-refractivity contribution in [1.82, 2.24) is 4.90 Å². The first kappa shape index (κ1) is 15.7. The van der Waals surface area contributed by atoms with Gasteiger partial charge in [0.25, 0.3) is 0 Å². The zero-order valence-corrected chi connectivity index (χ0v) is 13.0. The van der Waals surface area contributed by atoms with Crippen LogP contribution in [0.1, 0.15) is 13.3 Å². The summed E-state index contributed by atoms with van der Waals surface area (Å²) in [4.78, 5) is 24.8. The van der Waals surface area contributed by atoms with Gasteiger partial charge < -0.3 is 14.4 Å². The summed E-state index contributed by atoms with van der Waals surface area (Å²) < 4.78 is 11.0. The highest BCUT2D eigenvalue weighted by Gasteiger charge is 2.30. The zero-order valence-electron chi connectivity index (χ0n) is 12.2. The number of hydrogen-bond donors (Lipinski definition) is 0. The minimum Gasteiger partial charge on any atom is -0.493 e. The molecule has 0 spiro atoms. The Morgan fingerprint density at radius 3 is 2.71 bits per heavy atom. The predicted molar refractivity (Wildman–Crippen MR) is 81.7 cm³/mol. The largest absolute Gasteiger partial charge is 0.493 e. The Labute approximate surface area is 128 Å². The number of nitrogens with zero attached hydrogens (tertiary/aromatic N) is 1. The van der Waals surface area contributed by atoms with Gasteiger partial charge in [0.15, 0.2) is 11.5 Å². The van der Waals surface area contributed by atoms with Gasteiger partial charge in [-0.2, -0.15) is 0 Å². The number of carbonyl (C=O) groups is 2. The van der Waals surface area contributed by atoms with Crippen molar-refractivity contribution in [3.63, 3.8) is 0 Å². The second-order valence-corrected chi connectivity index (χ2v) is 6.04. The summed E-state index contributed by atoms with van der Waals surface area (Å²) in [5.74, 6) is 1.96. The molecule has 0 bridgehead atoms. The van der Waals surface area contributed by atoms with Gasteiger partial charge in [0.2, 0.25) is 5.91 Å². The summed E-state index contributed by atoms with van der Waals surface area (Å²) in [6.45, 7) is 2.48. The average Bonchev–Trinajstić information content (AvgIpc) is 2.93. The van der Waals surface area contributed by atoms with Gasteiger partial charge in [-0.3, -0.25) is 9.59 Å². The van der Waals surface area contributed by atoms with Crippen LogP contribution in [0.25, 0.3) is 0 Å². The average molecular weight is 309 g/mol. The van der Waals surface area contributed by atoms with E-state index >= 15 is 0 Å². The molecule has 1 aliphatic rings. The number of Topliss-reactive ketones (excluding diaryl/α,β-unsaturated/α-hetero) is 1. The van der Waals surface area contributed by atoms with Crippen LogP contribution in [-0.4, -0.2) is 48.0 Å². The lowest BCUT2D eigenvalue weighted by atomic mass is 10.3. The summed E-state index contributed by atoms with van der Waals surface area (Å²) in [6.07, 6.45) is -0.0360. The number of ketones is 1. The predicted octanol–water partition coefficient (Wildman–Crippen LogP) is 1.95. The first-order valence-corrected chi connectivity index (χ1v) is 7.83. The summed E-state index contributed by atoms with van der Waals surface area (Å²) in [5, 5.41) is -0.0539. The SMILES string of the molecule is COc1ccccc1OC[C@H]1SCCN1C(=O)CC(C)=O. The second-order valence-electron chi connectivity index (χ2n) is 4.75. The Balaban J connectivity index is 1.95. The Morgan fingerprint density at radius 2 is 2.05 bits per heavy atom. The minimum absolute atomic E-state index is 0.0360. The molecule has 2 rings (SSSR count). The fraction of sp³-hybridized carbons (Fsp3) is 0.467. The van der Waals surface area contributed by atoms with Crippen LogP contribution in [0, 0.1) is 0 Å². The fourth-order valence-electron chi connectivity index (χ4n) is 2.16. The van der Waals surface area contributed by atoms with Gasteiger partial charge >= 0.3 is 0 Å². The third kappa shape index (κ3) is 4.14. The smallest absolute Gasteiger partial charge is 0.231 e. The quantitative estimate of drug-likeness (QED) is 0.752. The molecular weight excluding hydrogens is 290 g/mol. The van der Waals surface area contributed by atoms with Crippen molar-refractivity contribution in [3.05, 3.63) is 24.3 Å². The standard InChI is InChI=1S/C15H19NO4S/c1-11(17)9-14(18)16-7-8-21-15(16)10-20-13-6-4-3-5-12(13)19-2/h3-6,15H,7-10H2,1-2H3/t15-/m1/s1. The fourth-order valence-corrected chi connectivity index (χ4v) is 3.30. The Morgan fingerprint density at radius 1 is 1.33 bits per heavy atom. The topological polar surface area (TPSA) is 55.8 Å². The van der Waals surface area contributed by atoms with Crippen LogP contribution >= 0.6 is 11.8 Å². The number of carbonyl (C=O) groups excluding carboxylic acids is 2. The maximum Gasteiger partial charge on any atom is 0.231 e. The van der Waals surface area contributed by atoms with E-state index < -0.39 is 0 Å². The van der Waals surface area contributed by atoms with Gasteiger partial charge in [0, 0.05) is 12.3 Å². The molecule has 1 aromatic carbocycles. The second kappa shape index (κ2) is 7.36. The van der Waals surface area contributed by atoms with Crippen molar-refractivity contribution in [2.24, 2.45) is 0 Å². The molecule has 1 atom stereocenters. The molecule has 5 nitrogen and oxygen atoms in total. The van der Waals surface area contributed by atoms with E-state index in [-0.39, 0.29) is 23.5 Å². The summed E-state index contributed by atoms with van der Waals surface area (Å²) >= 11 is 1.67. The highest BCUT2D eigenvalue weighted by atomic mass is 32.2. The van der Waals surface area contributed by atoms with Crippen molar-refractivity contribution in [2.75, 3.05) is 26.0 Å². The normalized spacial score (nSPS) is 17.6. The number of rotatable bonds is 6. The number of para-hydroxylation sites is 2. The number of benzene rings is 1. The Hall–Kier alpha value is -1.69. The van der Waals surface area contributed by atoms with Gasteiger partial charge in [-0.15, -0.1) is 11.8 Å². The highest BCUT2D eigenvalue weighted by Crippen LogP contribution is 2.29. The molecule has 1 aliphatic heterocycles. The Bertz CT molecular complexity index is 520.